The number of pyridine rings is 1. The number of carbonyl (C=O) groups is 1. The molecule has 1 aliphatic carbocycles. The fourth-order valence-corrected chi connectivity index (χ4v) is 4.74. The first-order chi connectivity index (χ1) is 15.9. The van der Waals surface area contributed by atoms with Crippen LogP contribution in [-0.2, 0) is 9.53 Å². The first-order valence-corrected chi connectivity index (χ1v) is 12.3. The van der Waals surface area contributed by atoms with Crippen molar-refractivity contribution < 1.29 is 14.1 Å². The van der Waals surface area contributed by atoms with E-state index in [0.29, 0.717) is 11.7 Å². The van der Waals surface area contributed by atoms with Gasteiger partial charge in [-0.25, -0.2) is 0 Å². The highest BCUT2D eigenvalue weighted by molar-refractivity contribution is 5.82. The monoisotopic (exact) mass is 449 g/mol. The molecule has 2 aromatic heterocycles. The minimum Gasteiger partial charge on any atom is -0.460 e. The van der Waals surface area contributed by atoms with E-state index >= 15 is 0 Å². The molecule has 0 saturated heterocycles. The van der Waals surface area contributed by atoms with E-state index in [1.807, 2.05) is 51.1 Å². The van der Waals surface area contributed by atoms with E-state index in [9.17, 15) is 4.79 Å². The topological polar surface area (TPSA) is 78.1 Å². The Balaban J connectivity index is 1.48. The largest absolute Gasteiger partial charge is 0.460 e. The summed E-state index contributed by atoms with van der Waals surface area (Å²) in [6, 6.07) is 9.96. The van der Waals surface area contributed by atoms with Gasteiger partial charge < -0.3 is 9.26 Å². The Labute approximate surface area is 196 Å². The lowest BCUT2D eigenvalue weighted by molar-refractivity contribution is -0.155. The van der Waals surface area contributed by atoms with Gasteiger partial charge in [0.15, 0.2) is 0 Å². The zero-order chi connectivity index (χ0) is 23.3. The van der Waals surface area contributed by atoms with E-state index in [4.69, 9.17) is 9.26 Å². The number of hydrogen-bond acceptors (Lipinski definition) is 6. The Kier molecular flexibility index (Phi) is 7.41. The van der Waals surface area contributed by atoms with Gasteiger partial charge in [0.2, 0.25) is 11.7 Å². The Morgan fingerprint density at radius 3 is 2.76 bits per heavy atom. The molecule has 1 atom stereocenters. The van der Waals surface area contributed by atoms with Crippen LogP contribution in [0.5, 0.6) is 0 Å². The minimum absolute atomic E-state index is 0.141. The van der Waals surface area contributed by atoms with Gasteiger partial charge >= 0.3 is 5.97 Å². The lowest BCUT2D eigenvalue weighted by Crippen LogP contribution is -2.25. The molecule has 0 radical (unpaired) electrons. The summed E-state index contributed by atoms with van der Waals surface area (Å²) in [5.74, 6) is 1.45. The van der Waals surface area contributed by atoms with E-state index in [1.165, 1.54) is 38.5 Å². The molecular weight excluding hydrogens is 414 g/mol. The summed E-state index contributed by atoms with van der Waals surface area (Å²) < 4.78 is 11.3. The van der Waals surface area contributed by atoms with Gasteiger partial charge in [0.25, 0.3) is 0 Å². The van der Waals surface area contributed by atoms with Crippen molar-refractivity contribution in [2.24, 2.45) is 5.92 Å². The summed E-state index contributed by atoms with van der Waals surface area (Å²) >= 11 is 0. The second-order valence-corrected chi connectivity index (χ2v) is 10.3. The normalized spacial score (nSPS) is 16.1. The van der Waals surface area contributed by atoms with Crippen molar-refractivity contribution in [3.63, 3.8) is 0 Å². The molecule has 1 aliphatic rings. The Morgan fingerprint density at radius 1 is 1.18 bits per heavy atom. The van der Waals surface area contributed by atoms with Gasteiger partial charge in [0.05, 0.1) is 11.9 Å². The van der Waals surface area contributed by atoms with Crippen LogP contribution in [0.1, 0.15) is 90.4 Å². The second-order valence-electron chi connectivity index (χ2n) is 10.3. The van der Waals surface area contributed by atoms with E-state index in [1.54, 1.807) is 6.20 Å². The van der Waals surface area contributed by atoms with Crippen molar-refractivity contribution in [3.8, 4) is 11.4 Å². The Bertz CT molecular complexity index is 1060. The van der Waals surface area contributed by atoms with E-state index in [2.05, 4.69) is 15.1 Å². The third kappa shape index (κ3) is 6.62. The zero-order valence-electron chi connectivity index (χ0n) is 20.0. The van der Waals surface area contributed by atoms with Crippen LogP contribution in [0.15, 0.2) is 41.1 Å². The first kappa shape index (κ1) is 23.4. The molecule has 0 amide bonds. The molecule has 6 heteroatoms. The number of para-hydroxylation sites is 1. The summed E-state index contributed by atoms with van der Waals surface area (Å²) in [7, 11) is 0. The zero-order valence-corrected chi connectivity index (χ0v) is 20.0. The maximum Gasteiger partial charge on any atom is 0.307 e. The smallest absolute Gasteiger partial charge is 0.307 e. The van der Waals surface area contributed by atoms with Crippen molar-refractivity contribution in [3.05, 3.63) is 42.4 Å². The van der Waals surface area contributed by atoms with Gasteiger partial charge in [0.1, 0.15) is 5.60 Å². The molecule has 33 heavy (non-hydrogen) atoms. The van der Waals surface area contributed by atoms with Crippen molar-refractivity contribution in [2.45, 2.75) is 90.1 Å². The first-order valence-electron chi connectivity index (χ1n) is 12.3. The van der Waals surface area contributed by atoms with Crippen molar-refractivity contribution in [1.29, 1.82) is 0 Å². The highest BCUT2D eigenvalue weighted by atomic mass is 16.6. The number of aromatic nitrogens is 3. The van der Waals surface area contributed by atoms with Crippen LogP contribution in [0.4, 0.5) is 0 Å². The van der Waals surface area contributed by atoms with Crippen molar-refractivity contribution in [2.75, 3.05) is 0 Å². The maximum absolute atomic E-state index is 12.6. The highest BCUT2D eigenvalue weighted by Gasteiger charge is 2.26. The fraction of sp³-hybridized carbons (Fsp3) is 0.556. The lowest BCUT2D eigenvalue weighted by atomic mass is 9.84. The van der Waals surface area contributed by atoms with Crippen LogP contribution in [-0.4, -0.2) is 26.7 Å². The number of fused-ring (bicyclic) bond motifs is 1. The molecular formula is C27H35N3O3. The molecule has 176 valence electrons. The van der Waals surface area contributed by atoms with E-state index in [-0.39, 0.29) is 18.3 Å². The molecule has 0 spiro atoms. The average molecular weight is 450 g/mol. The minimum atomic E-state index is -0.513. The average Bonchev–Trinajstić information content (AvgIpc) is 3.28. The molecule has 1 fully saturated rings. The molecule has 0 aliphatic heterocycles. The lowest BCUT2D eigenvalue weighted by Gasteiger charge is -2.23. The Hall–Kier alpha value is -2.76. The van der Waals surface area contributed by atoms with Crippen LogP contribution in [0.3, 0.4) is 0 Å². The van der Waals surface area contributed by atoms with Gasteiger partial charge in [0, 0.05) is 23.1 Å². The third-order valence-electron chi connectivity index (χ3n) is 6.36. The quantitative estimate of drug-likeness (QED) is 0.350. The SMILES string of the molecule is CC(C)(C)OC(=O)CC(CCCC1CCCCC1)c1nc(-c2cnc3ccccc3c2)no1. The van der Waals surface area contributed by atoms with Gasteiger partial charge in [-0.1, -0.05) is 68.3 Å². The molecule has 1 unspecified atom stereocenters. The molecule has 2 heterocycles. The van der Waals surface area contributed by atoms with Crippen LogP contribution in [0, 0.1) is 5.92 Å². The number of ether oxygens (including phenoxy) is 1. The van der Waals surface area contributed by atoms with E-state index < -0.39 is 5.60 Å². The van der Waals surface area contributed by atoms with E-state index in [0.717, 1.165) is 35.2 Å². The van der Waals surface area contributed by atoms with Crippen LogP contribution in [0.2, 0.25) is 0 Å². The molecule has 0 bridgehead atoms. The number of nitrogens with zero attached hydrogens (tertiary/aromatic N) is 3. The molecule has 1 aromatic carbocycles. The van der Waals surface area contributed by atoms with Gasteiger partial charge in [-0.15, -0.1) is 0 Å². The predicted octanol–water partition coefficient (Wildman–Crippen LogP) is 6.85. The summed E-state index contributed by atoms with van der Waals surface area (Å²) in [5.41, 5.74) is 1.22. The van der Waals surface area contributed by atoms with Gasteiger partial charge in [-0.2, -0.15) is 4.98 Å². The molecule has 6 nitrogen and oxygen atoms in total. The molecule has 1 saturated carbocycles. The summed E-state index contributed by atoms with van der Waals surface area (Å²) in [6.07, 6.45) is 11.8. The third-order valence-corrected chi connectivity index (χ3v) is 6.36. The molecule has 3 aromatic rings. The summed E-state index contributed by atoms with van der Waals surface area (Å²) in [5, 5.41) is 5.24. The molecule has 0 N–H and O–H groups in total. The van der Waals surface area contributed by atoms with Gasteiger partial charge in [-0.05, 0) is 45.2 Å². The van der Waals surface area contributed by atoms with Crippen molar-refractivity contribution in [1.82, 2.24) is 15.1 Å². The number of esters is 1. The summed E-state index contributed by atoms with van der Waals surface area (Å²) in [6.45, 7) is 5.67. The van der Waals surface area contributed by atoms with Crippen molar-refractivity contribution >= 4 is 16.9 Å². The standard InChI is InChI=1S/C27H35N3O3/c1-27(2,3)32-24(31)17-21(14-9-12-19-10-5-4-6-11-19)26-29-25(30-33-26)22-16-20-13-7-8-15-23(20)28-18-22/h7-8,13,15-16,18-19,21H,4-6,9-12,14,17H2,1-3H3. The number of carbonyl (C=O) groups excluding carboxylic acids is 1. The van der Waals surface area contributed by atoms with Crippen LogP contribution < -0.4 is 0 Å². The fourth-order valence-electron chi connectivity index (χ4n) is 4.74. The number of rotatable bonds is 8. The maximum atomic E-state index is 12.6. The Morgan fingerprint density at radius 2 is 1.97 bits per heavy atom. The number of hydrogen-bond donors (Lipinski definition) is 0. The highest BCUT2D eigenvalue weighted by Crippen LogP contribution is 2.32. The summed E-state index contributed by atoms with van der Waals surface area (Å²) in [4.78, 5) is 21.8. The van der Waals surface area contributed by atoms with Gasteiger partial charge in [-0.3, -0.25) is 9.78 Å². The second kappa shape index (κ2) is 10.4. The van der Waals surface area contributed by atoms with Crippen LogP contribution in [0.25, 0.3) is 22.3 Å². The predicted molar refractivity (Wildman–Crippen MR) is 129 cm³/mol. The van der Waals surface area contributed by atoms with Crippen LogP contribution >= 0.6 is 0 Å². The number of benzene rings is 1. The molecule has 4 rings (SSSR count).